The highest BCUT2D eigenvalue weighted by molar-refractivity contribution is 8.00. The number of rotatable bonds is 0. The average molecular weight is 169 g/mol. The molecule has 0 radical (unpaired) electrons. The quantitative estimate of drug-likeness (QED) is 0.557. The van der Waals surface area contributed by atoms with Gasteiger partial charge < -0.3 is 5.32 Å². The molecule has 0 amide bonds. The van der Waals surface area contributed by atoms with E-state index in [1.807, 2.05) is 0 Å². The number of thioether (sulfide) groups is 1. The molecule has 2 aliphatic rings. The van der Waals surface area contributed by atoms with Crippen LogP contribution in [0.15, 0.2) is 12.2 Å². The minimum absolute atomic E-state index is 0.653. The summed E-state index contributed by atoms with van der Waals surface area (Å²) in [5.74, 6) is 0.773. The zero-order valence-electron chi connectivity index (χ0n) is 7.08. The number of nitrogens with one attached hydrogen (secondary N) is 1. The molecule has 0 aromatic carbocycles. The number of fused-ring (bicyclic) bond motifs is 1. The number of hydrogen-bond acceptors (Lipinski definition) is 2. The Kier molecular flexibility index (Phi) is 1.98. The largest absolute Gasteiger partial charge is 0.301 e. The normalized spacial score (nSPS) is 49.3. The lowest BCUT2D eigenvalue weighted by Gasteiger charge is -2.23. The van der Waals surface area contributed by atoms with Crippen molar-refractivity contribution < 1.29 is 0 Å². The number of hydrogen-bond donors (Lipinski definition) is 1. The van der Waals surface area contributed by atoms with Crippen LogP contribution in [0.3, 0.4) is 0 Å². The van der Waals surface area contributed by atoms with Gasteiger partial charge in [-0.05, 0) is 19.3 Å². The molecule has 4 unspecified atom stereocenters. The summed E-state index contributed by atoms with van der Waals surface area (Å²) in [5, 5.41) is 5.00. The van der Waals surface area contributed by atoms with Crippen LogP contribution in [0.25, 0.3) is 0 Å². The van der Waals surface area contributed by atoms with E-state index in [4.69, 9.17) is 0 Å². The number of allylic oxidation sites excluding steroid dienone is 1. The Morgan fingerprint density at radius 1 is 1.36 bits per heavy atom. The summed E-state index contributed by atoms with van der Waals surface area (Å²) in [5.41, 5.74) is 0. The van der Waals surface area contributed by atoms with Crippen molar-refractivity contribution in [3.8, 4) is 0 Å². The van der Waals surface area contributed by atoms with Gasteiger partial charge in [0.05, 0.1) is 5.37 Å². The topological polar surface area (TPSA) is 12.0 Å². The van der Waals surface area contributed by atoms with Gasteiger partial charge in [-0.3, -0.25) is 0 Å². The van der Waals surface area contributed by atoms with Gasteiger partial charge in [-0.15, -0.1) is 11.8 Å². The smallest absolute Gasteiger partial charge is 0.0512 e. The van der Waals surface area contributed by atoms with Gasteiger partial charge in [0, 0.05) is 11.3 Å². The third-order valence-electron chi connectivity index (χ3n) is 2.46. The van der Waals surface area contributed by atoms with Gasteiger partial charge in [-0.2, -0.15) is 0 Å². The lowest BCUT2D eigenvalue weighted by molar-refractivity contribution is 0.450. The van der Waals surface area contributed by atoms with Crippen molar-refractivity contribution in [1.29, 1.82) is 0 Å². The third-order valence-corrected chi connectivity index (χ3v) is 3.81. The maximum atomic E-state index is 3.60. The molecule has 1 fully saturated rings. The van der Waals surface area contributed by atoms with Crippen LogP contribution >= 0.6 is 11.8 Å². The Balaban J connectivity index is 2.08. The minimum Gasteiger partial charge on any atom is -0.301 e. The van der Waals surface area contributed by atoms with E-state index in [0.717, 1.165) is 17.2 Å². The van der Waals surface area contributed by atoms with Crippen molar-refractivity contribution in [1.82, 2.24) is 5.32 Å². The van der Waals surface area contributed by atoms with E-state index in [0.29, 0.717) is 5.37 Å². The van der Waals surface area contributed by atoms with Crippen molar-refractivity contribution in [2.45, 2.75) is 36.9 Å². The fraction of sp³-hybridized carbons (Fsp3) is 0.778. The van der Waals surface area contributed by atoms with E-state index in [1.165, 1.54) is 6.42 Å². The first-order chi connectivity index (χ1) is 5.25. The molecule has 4 atom stereocenters. The second-order valence-corrected chi connectivity index (χ2v) is 5.14. The molecule has 11 heavy (non-hydrogen) atoms. The molecule has 1 nitrogen and oxygen atoms in total. The van der Waals surface area contributed by atoms with Gasteiger partial charge in [-0.25, -0.2) is 0 Å². The summed E-state index contributed by atoms with van der Waals surface area (Å²) < 4.78 is 0. The van der Waals surface area contributed by atoms with E-state index in [1.54, 1.807) is 0 Å². The van der Waals surface area contributed by atoms with Crippen LogP contribution in [0, 0.1) is 5.92 Å². The van der Waals surface area contributed by atoms with E-state index in [9.17, 15) is 0 Å². The monoisotopic (exact) mass is 169 g/mol. The second kappa shape index (κ2) is 2.83. The van der Waals surface area contributed by atoms with E-state index in [2.05, 4.69) is 43.1 Å². The highest BCUT2D eigenvalue weighted by Crippen LogP contribution is 2.34. The van der Waals surface area contributed by atoms with E-state index in [-0.39, 0.29) is 0 Å². The highest BCUT2D eigenvalue weighted by atomic mass is 32.2. The van der Waals surface area contributed by atoms with Gasteiger partial charge in [0.25, 0.3) is 0 Å². The summed E-state index contributed by atoms with van der Waals surface area (Å²) in [6.45, 7) is 4.55. The summed E-state index contributed by atoms with van der Waals surface area (Å²) in [6, 6.07) is 0.745. The molecule has 1 aliphatic carbocycles. The molecule has 62 valence electrons. The SMILES string of the molecule is CC1C=CC2SC(C)NC2C1. The molecule has 2 rings (SSSR count). The molecule has 1 N–H and O–H groups in total. The van der Waals surface area contributed by atoms with Crippen LogP contribution in [0.1, 0.15) is 20.3 Å². The summed E-state index contributed by atoms with van der Waals surface area (Å²) in [4.78, 5) is 0. The van der Waals surface area contributed by atoms with E-state index < -0.39 is 0 Å². The van der Waals surface area contributed by atoms with Crippen LogP contribution in [-0.2, 0) is 0 Å². The Morgan fingerprint density at radius 2 is 2.18 bits per heavy atom. The molecular formula is C9H15NS. The zero-order valence-corrected chi connectivity index (χ0v) is 7.90. The molecule has 1 heterocycles. The van der Waals surface area contributed by atoms with Crippen LogP contribution in [0.2, 0.25) is 0 Å². The van der Waals surface area contributed by atoms with Crippen molar-refractivity contribution in [3.05, 3.63) is 12.2 Å². The van der Waals surface area contributed by atoms with Crippen molar-refractivity contribution in [2.75, 3.05) is 0 Å². The average Bonchev–Trinajstić information content (AvgIpc) is 2.27. The Bertz CT molecular complexity index is 178. The predicted molar refractivity (Wildman–Crippen MR) is 50.7 cm³/mol. The van der Waals surface area contributed by atoms with Gasteiger partial charge >= 0.3 is 0 Å². The zero-order chi connectivity index (χ0) is 7.84. The van der Waals surface area contributed by atoms with Gasteiger partial charge in [0.15, 0.2) is 0 Å². The molecule has 0 bridgehead atoms. The van der Waals surface area contributed by atoms with Crippen LogP contribution < -0.4 is 5.32 Å². The summed E-state index contributed by atoms with van der Waals surface area (Å²) >= 11 is 2.05. The highest BCUT2D eigenvalue weighted by Gasteiger charge is 2.32. The van der Waals surface area contributed by atoms with Crippen LogP contribution in [-0.4, -0.2) is 16.7 Å². The molecule has 0 spiro atoms. The minimum atomic E-state index is 0.653. The first-order valence-electron chi connectivity index (χ1n) is 4.35. The molecular weight excluding hydrogens is 154 g/mol. The molecule has 0 saturated carbocycles. The van der Waals surface area contributed by atoms with Crippen molar-refractivity contribution >= 4 is 11.8 Å². The fourth-order valence-corrected chi connectivity index (χ4v) is 3.21. The predicted octanol–water partition coefficient (Wildman–Crippen LogP) is 2.00. The Hall–Kier alpha value is 0.0500. The van der Waals surface area contributed by atoms with Gasteiger partial charge in [-0.1, -0.05) is 19.1 Å². The van der Waals surface area contributed by atoms with Crippen LogP contribution in [0.5, 0.6) is 0 Å². The molecule has 0 aromatic rings. The third kappa shape index (κ3) is 1.47. The van der Waals surface area contributed by atoms with Crippen LogP contribution in [0.4, 0.5) is 0 Å². The summed E-state index contributed by atoms with van der Waals surface area (Å²) in [6.07, 6.45) is 6.05. The molecule has 2 heteroatoms. The van der Waals surface area contributed by atoms with E-state index >= 15 is 0 Å². The second-order valence-electron chi connectivity index (χ2n) is 3.61. The molecule has 1 aliphatic heterocycles. The maximum absolute atomic E-state index is 3.60. The Morgan fingerprint density at radius 3 is 3.00 bits per heavy atom. The lowest BCUT2D eigenvalue weighted by Crippen LogP contribution is -2.34. The first-order valence-corrected chi connectivity index (χ1v) is 5.30. The fourth-order valence-electron chi connectivity index (χ4n) is 1.93. The molecule has 0 aromatic heterocycles. The first kappa shape index (κ1) is 7.69. The maximum Gasteiger partial charge on any atom is 0.0512 e. The lowest BCUT2D eigenvalue weighted by atomic mass is 9.93. The van der Waals surface area contributed by atoms with Crippen molar-refractivity contribution in [2.24, 2.45) is 5.92 Å². The standard InChI is InChI=1S/C9H15NS/c1-6-3-4-9-8(5-6)10-7(2)11-9/h3-4,6-10H,5H2,1-2H3. The summed E-state index contributed by atoms with van der Waals surface area (Å²) in [7, 11) is 0. The van der Waals surface area contributed by atoms with Gasteiger partial charge in [0.1, 0.15) is 0 Å². The van der Waals surface area contributed by atoms with Gasteiger partial charge in [0.2, 0.25) is 0 Å². The Labute approximate surface area is 72.6 Å². The molecule has 1 saturated heterocycles. The van der Waals surface area contributed by atoms with Crippen molar-refractivity contribution in [3.63, 3.8) is 0 Å².